The molecule has 0 spiro atoms. The molecule has 0 aromatic rings. The third-order valence-corrected chi connectivity index (χ3v) is 4.36. The van der Waals surface area contributed by atoms with Gasteiger partial charge in [-0.25, -0.2) is 8.61 Å². The van der Waals surface area contributed by atoms with E-state index in [1.807, 2.05) is 0 Å². The Kier molecular flexibility index (Phi) is 7.71. The molecular formula is C10H15KN3O4S+. The van der Waals surface area contributed by atoms with Crippen LogP contribution in [0.1, 0.15) is 26.7 Å². The third-order valence-electron chi connectivity index (χ3n) is 2.53. The van der Waals surface area contributed by atoms with Gasteiger partial charge in [-0.05, 0) is 12.8 Å². The van der Waals surface area contributed by atoms with E-state index in [2.05, 4.69) is 0 Å². The molecule has 0 saturated carbocycles. The summed E-state index contributed by atoms with van der Waals surface area (Å²) in [7, 11) is -4.11. The molecule has 0 atom stereocenters. The van der Waals surface area contributed by atoms with Crippen molar-refractivity contribution in [3.63, 3.8) is 0 Å². The van der Waals surface area contributed by atoms with E-state index < -0.39 is 27.9 Å². The first-order valence-corrected chi connectivity index (χ1v) is 7.09. The maximum absolute atomic E-state index is 12.1. The number of hydrogen-bond donors (Lipinski definition) is 0. The maximum atomic E-state index is 12.1. The third kappa shape index (κ3) is 3.56. The van der Waals surface area contributed by atoms with Crippen molar-refractivity contribution in [3.05, 3.63) is 0 Å². The van der Waals surface area contributed by atoms with Gasteiger partial charge in [0, 0.05) is 13.1 Å². The molecule has 0 N–H and O–H groups in total. The Bertz CT molecular complexity index is 467. The van der Waals surface area contributed by atoms with Crippen molar-refractivity contribution >= 4 is 22.0 Å². The second-order valence-electron chi connectivity index (χ2n) is 3.89. The van der Waals surface area contributed by atoms with Crippen LogP contribution in [0.5, 0.6) is 0 Å². The van der Waals surface area contributed by atoms with Crippen LogP contribution in [0.25, 0.3) is 0 Å². The number of rotatable bonds is 4. The molecular weight excluding hydrogens is 297 g/mol. The summed E-state index contributed by atoms with van der Waals surface area (Å²) in [5, 5.41) is 8.83. The van der Waals surface area contributed by atoms with E-state index in [9.17, 15) is 18.0 Å². The summed E-state index contributed by atoms with van der Waals surface area (Å²) in [4.78, 5) is 23.6. The quantitative estimate of drug-likeness (QED) is 0.404. The number of carbonyl (C=O) groups excluding carboxylic acids is 2. The Balaban J connectivity index is 0.00000324. The van der Waals surface area contributed by atoms with Gasteiger partial charge < -0.3 is 0 Å². The minimum atomic E-state index is -4.11. The molecule has 19 heavy (non-hydrogen) atoms. The second kappa shape index (κ2) is 7.71. The van der Waals surface area contributed by atoms with Crippen molar-refractivity contribution < 1.29 is 69.4 Å². The van der Waals surface area contributed by atoms with Crippen LogP contribution in [-0.2, 0) is 19.8 Å². The van der Waals surface area contributed by atoms with E-state index in [0.29, 0.717) is 21.5 Å². The number of hydrogen-bond acceptors (Lipinski definition) is 5. The number of amides is 2. The predicted molar refractivity (Wildman–Crippen MR) is 62.0 cm³/mol. The van der Waals surface area contributed by atoms with E-state index in [1.54, 1.807) is 19.9 Å². The fraction of sp³-hybridized carbons (Fsp3) is 0.700. The molecule has 0 unspecified atom stereocenters. The molecule has 100 valence electrons. The van der Waals surface area contributed by atoms with Crippen molar-refractivity contribution in [2.75, 3.05) is 13.1 Å². The van der Waals surface area contributed by atoms with Gasteiger partial charge in [-0.3, -0.25) is 9.59 Å². The molecule has 1 aliphatic rings. The molecule has 1 rings (SSSR count). The Hall–Kier alpha value is 0.0164. The molecule has 1 fully saturated rings. The molecule has 0 aromatic heterocycles. The average Bonchev–Trinajstić information content (AvgIpc) is 2.31. The molecule has 0 aliphatic carbocycles. The normalized spacial score (nSPS) is 19.0. The molecule has 2 amide bonds. The molecule has 7 nitrogen and oxygen atoms in total. The zero-order valence-electron chi connectivity index (χ0n) is 11.3. The number of carbonyl (C=O) groups is 2. The molecule has 1 heterocycles. The first-order valence-electron chi connectivity index (χ1n) is 5.69. The number of nitrogens with zero attached hydrogens (tertiary/aromatic N) is 3. The van der Waals surface area contributed by atoms with Crippen LogP contribution >= 0.6 is 0 Å². The van der Waals surface area contributed by atoms with Gasteiger partial charge in [-0.2, -0.15) is 13.7 Å². The van der Waals surface area contributed by atoms with E-state index in [4.69, 9.17) is 5.26 Å². The van der Waals surface area contributed by atoms with Crippen LogP contribution in [0, 0.1) is 17.2 Å². The van der Waals surface area contributed by atoms with Crippen LogP contribution in [0.2, 0.25) is 0 Å². The average molecular weight is 312 g/mol. The van der Waals surface area contributed by atoms with Crippen molar-refractivity contribution in [2.45, 2.75) is 26.7 Å². The predicted octanol–water partition coefficient (Wildman–Crippen LogP) is -3.13. The SMILES string of the molecule is CCCN1C(=O)C(C#N)C(=O)N(CCC)S1(=O)=O.[K+]. The second-order valence-corrected chi connectivity index (χ2v) is 5.67. The van der Waals surface area contributed by atoms with Crippen LogP contribution in [0.15, 0.2) is 0 Å². The first kappa shape index (κ1) is 19.0. The molecule has 0 aromatic carbocycles. The van der Waals surface area contributed by atoms with Gasteiger partial charge in [0.2, 0.25) is 5.92 Å². The molecule has 0 bridgehead atoms. The van der Waals surface area contributed by atoms with Crippen molar-refractivity contribution in [1.82, 2.24) is 8.61 Å². The summed E-state index contributed by atoms with van der Waals surface area (Å²) in [6.07, 6.45) is 0.856. The molecule has 1 saturated heterocycles. The summed E-state index contributed by atoms with van der Waals surface area (Å²) >= 11 is 0. The summed E-state index contributed by atoms with van der Waals surface area (Å²) < 4.78 is 25.4. The van der Waals surface area contributed by atoms with Gasteiger partial charge >= 0.3 is 61.6 Å². The zero-order valence-corrected chi connectivity index (χ0v) is 15.2. The summed E-state index contributed by atoms with van der Waals surface area (Å²) in [5.74, 6) is -3.44. The standard InChI is InChI=1S/C10H15N3O4S.K/c1-3-5-12-9(14)8(7-11)10(15)13(6-4-2)18(12,16)17;/h8H,3-6H2,1-2H3;/q;+1. The van der Waals surface area contributed by atoms with Gasteiger partial charge in [0.05, 0.1) is 6.07 Å². The minimum Gasteiger partial charge on any atom is -0.272 e. The summed E-state index contributed by atoms with van der Waals surface area (Å²) in [6.45, 7) is 3.38. The van der Waals surface area contributed by atoms with Gasteiger partial charge in [-0.15, -0.1) is 0 Å². The fourth-order valence-electron chi connectivity index (χ4n) is 1.71. The van der Waals surface area contributed by atoms with Crippen molar-refractivity contribution in [3.8, 4) is 6.07 Å². The van der Waals surface area contributed by atoms with Gasteiger partial charge in [0.1, 0.15) is 0 Å². The Morgan fingerprint density at radius 1 is 1.11 bits per heavy atom. The zero-order chi connectivity index (χ0) is 13.9. The van der Waals surface area contributed by atoms with Gasteiger partial charge in [-0.1, -0.05) is 13.8 Å². The van der Waals surface area contributed by atoms with E-state index in [-0.39, 0.29) is 64.5 Å². The van der Waals surface area contributed by atoms with E-state index >= 15 is 0 Å². The van der Waals surface area contributed by atoms with Crippen LogP contribution in [-0.4, -0.2) is 41.9 Å². The molecule has 1 aliphatic heterocycles. The molecule has 0 radical (unpaired) electrons. The van der Waals surface area contributed by atoms with Crippen molar-refractivity contribution in [2.24, 2.45) is 5.92 Å². The summed E-state index contributed by atoms with van der Waals surface area (Å²) in [6, 6.07) is 1.57. The van der Waals surface area contributed by atoms with Gasteiger partial charge in [0.15, 0.2) is 0 Å². The maximum Gasteiger partial charge on any atom is 1.00 e. The topological polar surface area (TPSA) is 98.5 Å². The first-order chi connectivity index (χ1) is 8.41. The Morgan fingerprint density at radius 3 is 1.74 bits per heavy atom. The van der Waals surface area contributed by atoms with Crippen LogP contribution in [0.4, 0.5) is 0 Å². The Morgan fingerprint density at radius 2 is 1.47 bits per heavy atom. The van der Waals surface area contributed by atoms with Crippen LogP contribution in [0.3, 0.4) is 0 Å². The summed E-state index contributed by atoms with van der Waals surface area (Å²) in [5.41, 5.74) is 0. The van der Waals surface area contributed by atoms with Gasteiger partial charge in [0.25, 0.3) is 11.8 Å². The monoisotopic (exact) mass is 312 g/mol. The minimum absolute atomic E-state index is 0. The number of nitriles is 1. The van der Waals surface area contributed by atoms with E-state index in [1.165, 1.54) is 0 Å². The molecule has 9 heteroatoms. The fourth-order valence-corrected chi connectivity index (χ4v) is 3.44. The van der Waals surface area contributed by atoms with Crippen molar-refractivity contribution in [1.29, 1.82) is 5.26 Å². The Labute approximate surface area is 155 Å². The largest absolute Gasteiger partial charge is 1.00 e. The van der Waals surface area contributed by atoms with Crippen LogP contribution < -0.4 is 51.4 Å². The smallest absolute Gasteiger partial charge is 0.272 e. The van der Waals surface area contributed by atoms with E-state index in [0.717, 1.165) is 0 Å².